The largest absolute Gasteiger partial charge is 0.463 e. The SMILES string of the molecule is C[C@@]1(O)c2ccc3c(c2CC[C@@H]1O)C(=O)C(=O)c1c(CO)coc1-3. The lowest BCUT2D eigenvalue weighted by Gasteiger charge is -2.37. The summed E-state index contributed by atoms with van der Waals surface area (Å²) < 4.78 is 5.44. The summed E-state index contributed by atoms with van der Waals surface area (Å²) in [6.45, 7) is 1.11. The molecule has 1 heterocycles. The van der Waals surface area contributed by atoms with Gasteiger partial charge in [-0.15, -0.1) is 0 Å². The third-order valence-corrected chi connectivity index (χ3v) is 5.12. The van der Waals surface area contributed by atoms with Crippen LogP contribution in [-0.2, 0) is 18.6 Å². The molecule has 0 bridgehead atoms. The minimum absolute atomic E-state index is 0.109. The van der Waals surface area contributed by atoms with E-state index in [1.807, 2.05) is 0 Å². The van der Waals surface area contributed by atoms with Gasteiger partial charge in [0.15, 0.2) is 0 Å². The van der Waals surface area contributed by atoms with Crippen molar-refractivity contribution in [2.24, 2.45) is 0 Å². The number of hydrogen-bond donors (Lipinski definition) is 3. The van der Waals surface area contributed by atoms with Crippen LogP contribution in [0, 0.1) is 0 Å². The van der Waals surface area contributed by atoms with E-state index in [1.165, 1.54) is 13.2 Å². The Morgan fingerprint density at radius 3 is 2.67 bits per heavy atom. The third-order valence-electron chi connectivity index (χ3n) is 5.12. The number of carbonyl (C=O) groups excluding carboxylic acids is 2. The van der Waals surface area contributed by atoms with Crippen LogP contribution >= 0.6 is 0 Å². The Morgan fingerprint density at radius 1 is 1.25 bits per heavy atom. The number of carbonyl (C=O) groups is 2. The summed E-state index contributed by atoms with van der Waals surface area (Å²) in [6.07, 6.45) is 1.03. The average molecular weight is 328 g/mol. The van der Waals surface area contributed by atoms with E-state index in [0.717, 1.165) is 0 Å². The summed E-state index contributed by atoms with van der Waals surface area (Å²) in [5, 5.41) is 30.0. The number of benzene rings is 1. The van der Waals surface area contributed by atoms with E-state index in [1.54, 1.807) is 12.1 Å². The molecule has 0 fully saturated rings. The maximum Gasteiger partial charge on any atom is 0.237 e. The Morgan fingerprint density at radius 2 is 1.96 bits per heavy atom. The number of Topliss-reactive ketones (excluding diaryl/α,β-unsaturated/α-hetero) is 2. The van der Waals surface area contributed by atoms with Gasteiger partial charge >= 0.3 is 0 Å². The van der Waals surface area contributed by atoms with E-state index >= 15 is 0 Å². The van der Waals surface area contributed by atoms with E-state index in [0.29, 0.717) is 29.5 Å². The first-order chi connectivity index (χ1) is 11.4. The van der Waals surface area contributed by atoms with Crippen molar-refractivity contribution in [1.82, 2.24) is 0 Å². The minimum Gasteiger partial charge on any atom is -0.463 e. The van der Waals surface area contributed by atoms with Crippen LogP contribution in [0.2, 0.25) is 0 Å². The molecule has 1 aromatic carbocycles. The standard InChI is InChI=1S/C18H16O6/c1-18(23)11-4-2-10-14(9(11)3-5-12(18)20)16(22)15(21)13-8(6-19)7-24-17(10)13/h2,4,7,12,19-20,23H,3,5-6H2,1H3/t12-,18+/m0/s1. The van der Waals surface area contributed by atoms with E-state index in [4.69, 9.17) is 4.42 Å². The third kappa shape index (κ3) is 1.76. The van der Waals surface area contributed by atoms with Crippen molar-refractivity contribution in [3.8, 4) is 11.3 Å². The number of rotatable bonds is 1. The van der Waals surface area contributed by atoms with E-state index in [-0.39, 0.29) is 29.1 Å². The highest BCUT2D eigenvalue weighted by atomic mass is 16.3. The van der Waals surface area contributed by atoms with Crippen LogP contribution in [0.4, 0.5) is 0 Å². The number of ketones is 2. The molecular weight excluding hydrogens is 312 g/mol. The molecule has 24 heavy (non-hydrogen) atoms. The maximum atomic E-state index is 12.7. The first kappa shape index (κ1) is 15.3. The summed E-state index contributed by atoms with van der Waals surface area (Å²) in [5.41, 5.74) is 0.668. The smallest absolute Gasteiger partial charge is 0.237 e. The molecule has 2 atom stereocenters. The molecule has 2 aromatic rings. The van der Waals surface area contributed by atoms with Gasteiger partial charge in [-0.3, -0.25) is 9.59 Å². The van der Waals surface area contributed by atoms with Gasteiger partial charge < -0.3 is 19.7 Å². The highest BCUT2D eigenvalue weighted by molar-refractivity contribution is 6.53. The Kier molecular flexibility index (Phi) is 3.09. The molecule has 3 N–H and O–H groups in total. The number of aliphatic hydroxyl groups is 3. The second kappa shape index (κ2) is 4.86. The van der Waals surface area contributed by atoms with Gasteiger partial charge in [0.25, 0.3) is 0 Å². The van der Waals surface area contributed by atoms with E-state index in [9.17, 15) is 24.9 Å². The Hall–Kier alpha value is -2.28. The van der Waals surface area contributed by atoms with Crippen LogP contribution < -0.4 is 0 Å². The van der Waals surface area contributed by atoms with Crippen molar-refractivity contribution < 1.29 is 29.3 Å². The number of fused-ring (bicyclic) bond motifs is 5. The van der Waals surface area contributed by atoms with Gasteiger partial charge in [-0.1, -0.05) is 12.1 Å². The van der Waals surface area contributed by atoms with Crippen molar-refractivity contribution in [1.29, 1.82) is 0 Å². The summed E-state index contributed by atoms with van der Waals surface area (Å²) in [7, 11) is 0. The lowest BCUT2D eigenvalue weighted by atomic mass is 9.73. The first-order valence-electron chi connectivity index (χ1n) is 7.75. The van der Waals surface area contributed by atoms with Crippen LogP contribution in [0.5, 0.6) is 0 Å². The Balaban J connectivity index is 2.03. The molecule has 4 rings (SSSR count). The highest BCUT2D eigenvalue weighted by Crippen LogP contribution is 2.44. The van der Waals surface area contributed by atoms with Gasteiger partial charge in [0.2, 0.25) is 11.6 Å². The second-order valence-electron chi connectivity index (χ2n) is 6.50. The topological polar surface area (TPSA) is 108 Å². The van der Waals surface area contributed by atoms with Crippen LogP contribution in [0.3, 0.4) is 0 Å². The van der Waals surface area contributed by atoms with Gasteiger partial charge in [0.1, 0.15) is 11.4 Å². The minimum atomic E-state index is -1.48. The van der Waals surface area contributed by atoms with Crippen molar-refractivity contribution in [2.75, 3.05) is 0 Å². The summed E-state index contributed by atoms with van der Waals surface area (Å²) in [5.74, 6) is -1.11. The lowest BCUT2D eigenvalue weighted by Crippen LogP contribution is -2.42. The monoisotopic (exact) mass is 328 g/mol. The number of hydrogen-bond acceptors (Lipinski definition) is 6. The molecule has 0 saturated heterocycles. The molecule has 6 nitrogen and oxygen atoms in total. The molecule has 2 aliphatic rings. The molecule has 0 amide bonds. The van der Waals surface area contributed by atoms with Crippen molar-refractivity contribution >= 4 is 11.6 Å². The fraction of sp³-hybridized carbons (Fsp3) is 0.333. The molecular formula is C18H16O6. The molecule has 0 aliphatic heterocycles. The van der Waals surface area contributed by atoms with E-state index in [2.05, 4.69) is 0 Å². The van der Waals surface area contributed by atoms with Crippen LogP contribution in [0.1, 0.15) is 50.8 Å². The van der Waals surface area contributed by atoms with Gasteiger partial charge in [-0.2, -0.15) is 0 Å². The van der Waals surface area contributed by atoms with Gasteiger partial charge in [0, 0.05) is 16.7 Å². The lowest BCUT2D eigenvalue weighted by molar-refractivity contribution is -0.0765. The average Bonchev–Trinajstić information content (AvgIpc) is 2.99. The predicted molar refractivity (Wildman–Crippen MR) is 82.6 cm³/mol. The van der Waals surface area contributed by atoms with Crippen LogP contribution in [0.25, 0.3) is 11.3 Å². The highest BCUT2D eigenvalue weighted by Gasteiger charge is 2.43. The fourth-order valence-electron chi connectivity index (χ4n) is 3.76. The van der Waals surface area contributed by atoms with Crippen molar-refractivity contribution in [3.63, 3.8) is 0 Å². The number of furan rings is 1. The van der Waals surface area contributed by atoms with Gasteiger partial charge in [-0.25, -0.2) is 0 Å². The van der Waals surface area contributed by atoms with Gasteiger partial charge in [0.05, 0.1) is 24.5 Å². The molecule has 0 radical (unpaired) electrons. The van der Waals surface area contributed by atoms with E-state index < -0.39 is 23.3 Å². The maximum absolute atomic E-state index is 12.7. The zero-order valence-corrected chi connectivity index (χ0v) is 13.0. The Bertz CT molecular complexity index is 889. The zero-order valence-electron chi connectivity index (χ0n) is 13.0. The summed E-state index contributed by atoms with van der Waals surface area (Å²) in [6, 6.07) is 3.28. The summed E-state index contributed by atoms with van der Waals surface area (Å²) >= 11 is 0. The molecule has 0 spiro atoms. The van der Waals surface area contributed by atoms with Crippen LogP contribution in [0.15, 0.2) is 22.8 Å². The molecule has 0 saturated carbocycles. The summed E-state index contributed by atoms with van der Waals surface area (Å²) in [4.78, 5) is 25.2. The Labute approximate surface area is 137 Å². The molecule has 0 unspecified atom stereocenters. The normalized spacial score (nSPS) is 25.2. The molecule has 1 aromatic heterocycles. The fourth-order valence-corrected chi connectivity index (χ4v) is 3.76. The number of aliphatic hydroxyl groups excluding tert-OH is 2. The zero-order chi connectivity index (χ0) is 17.2. The molecule has 124 valence electrons. The first-order valence-corrected chi connectivity index (χ1v) is 7.75. The van der Waals surface area contributed by atoms with Gasteiger partial charge in [-0.05, 0) is 30.9 Å². The van der Waals surface area contributed by atoms with Crippen molar-refractivity contribution in [2.45, 2.75) is 38.1 Å². The molecule has 2 aliphatic carbocycles. The quantitative estimate of drug-likeness (QED) is 0.682. The van der Waals surface area contributed by atoms with Crippen LogP contribution in [-0.4, -0.2) is 33.0 Å². The molecule has 6 heteroatoms. The predicted octanol–water partition coefficient (Wildman–Crippen LogP) is 1.33. The second-order valence-corrected chi connectivity index (χ2v) is 6.50. The van der Waals surface area contributed by atoms with Crippen molar-refractivity contribution in [3.05, 3.63) is 46.2 Å².